The van der Waals surface area contributed by atoms with E-state index in [9.17, 15) is 4.79 Å². The lowest BCUT2D eigenvalue weighted by molar-refractivity contribution is -0.121. The summed E-state index contributed by atoms with van der Waals surface area (Å²) >= 11 is 0. The van der Waals surface area contributed by atoms with Gasteiger partial charge in [-0.05, 0) is 19.5 Å². The van der Waals surface area contributed by atoms with Crippen molar-refractivity contribution in [3.05, 3.63) is 0 Å². The molecule has 0 aromatic rings. The highest BCUT2D eigenvalue weighted by atomic mass is 16.1. The highest BCUT2D eigenvalue weighted by Gasteiger charge is 2.19. The second-order valence-corrected chi connectivity index (χ2v) is 5.34. The van der Waals surface area contributed by atoms with Gasteiger partial charge in [0, 0.05) is 25.6 Å². The molecule has 0 aromatic carbocycles. The molecule has 0 rings (SSSR count). The third-order valence-corrected chi connectivity index (χ3v) is 2.28. The lowest BCUT2D eigenvalue weighted by atomic mass is 9.93. The van der Waals surface area contributed by atoms with E-state index in [2.05, 4.69) is 38.2 Å². The Morgan fingerprint density at radius 2 is 2.00 bits per heavy atom. The van der Waals surface area contributed by atoms with Crippen molar-refractivity contribution >= 4 is 5.91 Å². The third kappa shape index (κ3) is 7.33. The zero-order valence-electron chi connectivity index (χ0n) is 10.6. The van der Waals surface area contributed by atoms with Crippen molar-refractivity contribution in [2.45, 2.75) is 20.8 Å². The summed E-state index contributed by atoms with van der Waals surface area (Å²) in [6, 6.07) is 0. The van der Waals surface area contributed by atoms with E-state index in [0.29, 0.717) is 6.54 Å². The quantitative estimate of drug-likeness (QED) is 0.641. The molecule has 0 fully saturated rings. The molecule has 90 valence electrons. The minimum Gasteiger partial charge on any atom is -0.369 e. The molecule has 0 saturated carbocycles. The van der Waals surface area contributed by atoms with E-state index in [1.54, 1.807) is 0 Å². The number of nitrogens with one attached hydrogen (secondary N) is 1. The lowest BCUT2D eigenvalue weighted by Gasteiger charge is -2.29. The molecule has 1 atom stereocenters. The van der Waals surface area contributed by atoms with Crippen LogP contribution < -0.4 is 11.1 Å². The summed E-state index contributed by atoms with van der Waals surface area (Å²) in [7, 11) is 4.13. The molecule has 4 nitrogen and oxygen atoms in total. The van der Waals surface area contributed by atoms with E-state index in [0.717, 1.165) is 13.1 Å². The van der Waals surface area contributed by atoms with Crippen LogP contribution in [-0.4, -0.2) is 44.5 Å². The van der Waals surface area contributed by atoms with Gasteiger partial charge in [-0.15, -0.1) is 0 Å². The zero-order valence-corrected chi connectivity index (χ0v) is 10.6. The number of nitrogens with two attached hydrogens (primary N) is 1. The van der Waals surface area contributed by atoms with Gasteiger partial charge in [0.15, 0.2) is 0 Å². The highest BCUT2D eigenvalue weighted by molar-refractivity contribution is 5.76. The van der Waals surface area contributed by atoms with Crippen LogP contribution in [0.1, 0.15) is 20.8 Å². The standard InChI is InChI=1S/C11H25N3O/c1-9(10(12)15)6-13-7-11(2,3)8-14(4)5/h9,13H,6-8H2,1-5H3,(H2,12,15). The van der Waals surface area contributed by atoms with Crippen molar-refractivity contribution in [3.8, 4) is 0 Å². The Bertz CT molecular complexity index is 202. The summed E-state index contributed by atoms with van der Waals surface area (Å²) in [6.07, 6.45) is 0. The summed E-state index contributed by atoms with van der Waals surface area (Å²) in [4.78, 5) is 13.0. The summed E-state index contributed by atoms with van der Waals surface area (Å²) in [5.74, 6) is -0.340. The zero-order chi connectivity index (χ0) is 12.1. The number of carbonyl (C=O) groups is 1. The molecule has 4 heteroatoms. The average Bonchev–Trinajstić information content (AvgIpc) is 2.00. The van der Waals surface area contributed by atoms with Gasteiger partial charge in [-0.1, -0.05) is 20.8 Å². The van der Waals surface area contributed by atoms with Gasteiger partial charge in [-0.2, -0.15) is 0 Å². The molecule has 15 heavy (non-hydrogen) atoms. The smallest absolute Gasteiger partial charge is 0.221 e. The Kier molecular flexibility index (Phi) is 5.83. The molecular formula is C11H25N3O. The topological polar surface area (TPSA) is 58.4 Å². The minimum atomic E-state index is -0.243. The second kappa shape index (κ2) is 6.08. The van der Waals surface area contributed by atoms with Crippen molar-refractivity contribution in [1.29, 1.82) is 0 Å². The van der Waals surface area contributed by atoms with E-state index < -0.39 is 0 Å². The van der Waals surface area contributed by atoms with Crippen molar-refractivity contribution in [2.75, 3.05) is 33.7 Å². The van der Waals surface area contributed by atoms with E-state index in [1.165, 1.54) is 0 Å². The Labute approximate surface area is 93.2 Å². The number of nitrogens with zero attached hydrogens (tertiary/aromatic N) is 1. The number of primary amides is 1. The van der Waals surface area contributed by atoms with Crippen molar-refractivity contribution in [1.82, 2.24) is 10.2 Å². The summed E-state index contributed by atoms with van der Waals surface area (Å²) in [5.41, 5.74) is 5.39. The van der Waals surface area contributed by atoms with E-state index in [-0.39, 0.29) is 17.2 Å². The molecule has 0 aromatic heterocycles. The van der Waals surface area contributed by atoms with Crippen LogP contribution in [-0.2, 0) is 4.79 Å². The first-order valence-corrected chi connectivity index (χ1v) is 5.39. The normalized spacial score (nSPS) is 14.3. The van der Waals surface area contributed by atoms with Crippen LogP contribution >= 0.6 is 0 Å². The molecule has 1 amide bonds. The first-order valence-electron chi connectivity index (χ1n) is 5.39. The average molecular weight is 215 g/mol. The van der Waals surface area contributed by atoms with Gasteiger partial charge >= 0.3 is 0 Å². The Balaban J connectivity index is 3.79. The predicted molar refractivity (Wildman–Crippen MR) is 63.6 cm³/mol. The van der Waals surface area contributed by atoms with Gasteiger partial charge in [-0.25, -0.2) is 0 Å². The van der Waals surface area contributed by atoms with Crippen molar-refractivity contribution in [3.63, 3.8) is 0 Å². The number of hydrogen-bond acceptors (Lipinski definition) is 3. The summed E-state index contributed by atoms with van der Waals surface area (Å²) in [5, 5.41) is 3.28. The number of hydrogen-bond donors (Lipinski definition) is 2. The minimum absolute atomic E-state index is 0.0971. The molecule has 0 aliphatic rings. The summed E-state index contributed by atoms with van der Waals surface area (Å²) in [6.45, 7) is 8.82. The molecule has 0 bridgehead atoms. The number of carbonyl (C=O) groups excluding carboxylic acids is 1. The maximum Gasteiger partial charge on any atom is 0.221 e. The molecule has 0 radical (unpaired) electrons. The first kappa shape index (κ1) is 14.4. The van der Waals surface area contributed by atoms with E-state index >= 15 is 0 Å². The second-order valence-electron chi connectivity index (χ2n) is 5.34. The number of amides is 1. The molecule has 0 aliphatic carbocycles. The molecule has 0 aliphatic heterocycles. The van der Waals surface area contributed by atoms with E-state index in [1.807, 2.05) is 6.92 Å². The van der Waals surface area contributed by atoms with Gasteiger partial charge < -0.3 is 16.0 Å². The maximum atomic E-state index is 10.8. The van der Waals surface area contributed by atoms with E-state index in [4.69, 9.17) is 5.73 Å². The SMILES string of the molecule is CC(CNCC(C)(C)CN(C)C)C(N)=O. The van der Waals surface area contributed by atoms with Gasteiger partial charge in [0.1, 0.15) is 0 Å². The van der Waals surface area contributed by atoms with Crippen molar-refractivity contribution < 1.29 is 4.79 Å². The Morgan fingerprint density at radius 1 is 1.47 bits per heavy atom. The molecule has 0 spiro atoms. The molecular weight excluding hydrogens is 190 g/mol. The van der Waals surface area contributed by atoms with Crippen LogP contribution in [0.4, 0.5) is 0 Å². The number of rotatable bonds is 7. The maximum absolute atomic E-state index is 10.8. The molecule has 3 N–H and O–H groups in total. The fourth-order valence-corrected chi connectivity index (χ4v) is 1.64. The van der Waals surface area contributed by atoms with Gasteiger partial charge in [-0.3, -0.25) is 4.79 Å². The van der Waals surface area contributed by atoms with Crippen LogP contribution in [0.25, 0.3) is 0 Å². The molecule has 0 saturated heterocycles. The lowest BCUT2D eigenvalue weighted by Crippen LogP contribution is -2.40. The van der Waals surface area contributed by atoms with Gasteiger partial charge in [0.25, 0.3) is 0 Å². The van der Waals surface area contributed by atoms with Gasteiger partial charge in [0.05, 0.1) is 0 Å². The van der Waals surface area contributed by atoms with Gasteiger partial charge in [0.2, 0.25) is 5.91 Å². The van der Waals surface area contributed by atoms with Crippen LogP contribution in [0.15, 0.2) is 0 Å². The van der Waals surface area contributed by atoms with Crippen LogP contribution in [0.3, 0.4) is 0 Å². The monoisotopic (exact) mass is 215 g/mol. The Hall–Kier alpha value is -0.610. The predicted octanol–water partition coefficient (Wildman–Crippen LogP) is 0.285. The molecule has 0 heterocycles. The largest absolute Gasteiger partial charge is 0.369 e. The van der Waals surface area contributed by atoms with Crippen LogP contribution in [0.5, 0.6) is 0 Å². The highest BCUT2D eigenvalue weighted by Crippen LogP contribution is 2.14. The first-order chi connectivity index (χ1) is 6.74. The summed E-state index contributed by atoms with van der Waals surface area (Å²) < 4.78 is 0. The third-order valence-electron chi connectivity index (χ3n) is 2.28. The molecule has 1 unspecified atom stereocenters. The Morgan fingerprint density at radius 3 is 2.40 bits per heavy atom. The van der Waals surface area contributed by atoms with Crippen LogP contribution in [0, 0.1) is 11.3 Å². The van der Waals surface area contributed by atoms with Crippen LogP contribution in [0.2, 0.25) is 0 Å². The fourth-order valence-electron chi connectivity index (χ4n) is 1.64. The van der Waals surface area contributed by atoms with Crippen molar-refractivity contribution in [2.24, 2.45) is 17.1 Å². The fraction of sp³-hybridized carbons (Fsp3) is 0.909.